The summed E-state index contributed by atoms with van der Waals surface area (Å²) >= 11 is 4.36. The molecular weight excluding hydrogens is 446 g/mol. The Balaban J connectivity index is 1.90. The van der Waals surface area contributed by atoms with Gasteiger partial charge in [0, 0.05) is 4.47 Å². The lowest BCUT2D eigenvalue weighted by Crippen LogP contribution is -2.27. The first kappa shape index (κ1) is 20.3. The highest BCUT2D eigenvalue weighted by Crippen LogP contribution is 2.40. The van der Waals surface area contributed by atoms with Gasteiger partial charge in [-0.2, -0.15) is 0 Å². The molecule has 0 spiro atoms. The number of amides is 2. The molecule has 1 saturated heterocycles. The van der Waals surface area contributed by atoms with Crippen LogP contribution in [0.1, 0.15) is 11.1 Å². The van der Waals surface area contributed by atoms with Crippen LogP contribution in [0, 0.1) is 0 Å². The zero-order chi connectivity index (χ0) is 20.3. The first-order valence-corrected chi connectivity index (χ1v) is 9.88. The molecular formula is C20H18BrNO5S. The lowest BCUT2D eigenvalue weighted by atomic mass is 10.1. The van der Waals surface area contributed by atoms with E-state index < -0.39 is 0 Å². The highest BCUT2D eigenvalue weighted by atomic mass is 79.9. The van der Waals surface area contributed by atoms with Crippen molar-refractivity contribution in [1.82, 2.24) is 4.90 Å². The van der Waals surface area contributed by atoms with Gasteiger partial charge in [0.25, 0.3) is 11.1 Å². The van der Waals surface area contributed by atoms with Crippen molar-refractivity contribution >= 4 is 44.9 Å². The zero-order valence-corrected chi connectivity index (χ0v) is 17.9. The summed E-state index contributed by atoms with van der Waals surface area (Å²) in [5.74, 6) is 1.07. The van der Waals surface area contributed by atoms with Gasteiger partial charge in [0.05, 0.1) is 32.8 Å². The number of carbonyl (C=O) groups is 2. The van der Waals surface area contributed by atoms with Crippen molar-refractivity contribution in [3.05, 3.63) is 56.9 Å². The van der Waals surface area contributed by atoms with Gasteiger partial charge in [-0.25, -0.2) is 0 Å². The van der Waals surface area contributed by atoms with Crippen LogP contribution in [0.5, 0.6) is 17.2 Å². The van der Waals surface area contributed by atoms with E-state index in [0.29, 0.717) is 27.7 Å². The normalized spacial score (nSPS) is 15.3. The smallest absolute Gasteiger partial charge is 0.293 e. The maximum absolute atomic E-state index is 12.8. The molecule has 6 nitrogen and oxygen atoms in total. The Hall–Kier alpha value is -2.45. The van der Waals surface area contributed by atoms with Gasteiger partial charge in [-0.15, -0.1) is 0 Å². The molecule has 8 heteroatoms. The first-order chi connectivity index (χ1) is 13.5. The number of nitrogens with zero attached hydrogens (tertiary/aromatic N) is 1. The predicted octanol–water partition coefficient (Wildman–Crippen LogP) is 4.71. The summed E-state index contributed by atoms with van der Waals surface area (Å²) in [6.45, 7) is 0.207. The molecule has 0 aliphatic carbocycles. The highest BCUT2D eigenvalue weighted by molar-refractivity contribution is 9.10. The van der Waals surface area contributed by atoms with Crippen molar-refractivity contribution in [2.24, 2.45) is 0 Å². The van der Waals surface area contributed by atoms with Crippen LogP contribution in [-0.4, -0.2) is 37.4 Å². The molecule has 0 bridgehead atoms. The molecule has 28 heavy (non-hydrogen) atoms. The quantitative estimate of drug-likeness (QED) is 0.577. The van der Waals surface area contributed by atoms with E-state index in [1.165, 1.54) is 26.2 Å². The van der Waals surface area contributed by atoms with E-state index in [9.17, 15) is 9.59 Å². The zero-order valence-electron chi connectivity index (χ0n) is 15.5. The van der Waals surface area contributed by atoms with Crippen LogP contribution in [0.25, 0.3) is 6.08 Å². The number of carbonyl (C=O) groups excluding carboxylic acids is 2. The third kappa shape index (κ3) is 4.02. The Labute approximate surface area is 175 Å². The Morgan fingerprint density at radius 3 is 2.25 bits per heavy atom. The van der Waals surface area contributed by atoms with Crippen molar-refractivity contribution in [2.75, 3.05) is 21.3 Å². The summed E-state index contributed by atoms with van der Waals surface area (Å²) in [4.78, 5) is 26.7. The van der Waals surface area contributed by atoms with E-state index in [1.807, 2.05) is 24.3 Å². The minimum Gasteiger partial charge on any atom is -0.493 e. The molecule has 1 aliphatic heterocycles. The molecule has 1 fully saturated rings. The fourth-order valence-corrected chi connectivity index (χ4v) is 4.02. The molecule has 0 saturated carbocycles. The number of hydrogen-bond acceptors (Lipinski definition) is 6. The molecule has 1 heterocycles. The van der Waals surface area contributed by atoms with Crippen LogP contribution in [0.15, 0.2) is 45.8 Å². The average molecular weight is 464 g/mol. The SMILES string of the molecule is COc1cc(/C=C2\SC(=O)N(Cc3ccccc3Br)C2=O)cc(OC)c1OC. The second-order valence-corrected chi connectivity index (χ2v) is 7.67. The van der Waals surface area contributed by atoms with E-state index in [-0.39, 0.29) is 17.7 Å². The topological polar surface area (TPSA) is 65.1 Å². The summed E-state index contributed by atoms with van der Waals surface area (Å²) in [5, 5.41) is -0.306. The van der Waals surface area contributed by atoms with E-state index in [2.05, 4.69) is 15.9 Å². The number of methoxy groups -OCH3 is 3. The third-order valence-electron chi connectivity index (χ3n) is 4.14. The Kier molecular flexibility index (Phi) is 6.31. The summed E-state index contributed by atoms with van der Waals surface area (Å²) in [6, 6.07) is 10.9. The average Bonchev–Trinajstić information content (AvgIpc) is 2.96. The fraction of sp³-hybridized carbons (Fsp3) is 0.200. The number of thioether (sulfide) groups is 1. The molecule has 2 aromatic carbocycles. The van der Waals surface area contributed by atoms with Crippen LogP contribution in [0.2, 0.25) is 0 Å². The number of benzene rings is 2. The van der Waals surface area contributed by atoms with Crippen LogP contribution in [0.4, 0.5) is 4.79 Å². The van der Waals surface area contributed by atoms with Gasteiger partial charge in [-0.3, -0.25) is 14.5 Å². The number of halogens is 1. The van der Waals surface area contributed by atoms with Crippen molar-refractivity contribution in [3.8, 4) is 17.2 Å². The molecule has 2 amide bonds. The Morgan fingerprint density at radius 2 is 1.68 bits per heavy atom. The molecule has 3 rings (SSSR count). The van der Waals surface area contributed by atoms with Gasteiger partial charge in [-0.05, 0) is 47.2 Å². The number of ether oxygens (including phenoxy) is 3. The molecule has 146 valence electrons. The van der Waals surface area contributed by atoms with Gasteiger partial charge in [-0.1, -0.05) is 34.1 Å². The van der Waals surface area contributed by atoms with E-state index in [1.54, 1.807) is 18.2 Å². The number of imide groups is 1. The van der Waals surface area contributed by atoms with Crippen molar-refractivity contribution < 1.29 is 23.8 Å². The number of hydrogen-bond donors (Lipinski definition) is 0. The molecule has 0 aromatic heterocycles. The van der Waals surface area contributed by atoms with Crippen molar-refractivity contribution in [2.45, 2.75) is 6.54 Å². The summed E-state index contributed by atoms with van der Waals surface area (Å²) < 4.78 is 16.8. The predicted molar refractivity (Wildman–Crippen MR) is 112 cm³/mol. The summed E-state index contributed by atoms with van der Waals surface area (Å²) in [7, 11) is 4.56. The minimum atomic E-state index is -0.334. The number of rotatable bonds is 6. The van der Waals surface area contributed by atoms with Gasteiger partial charge < -0.3 is 14.2 Å². The van der Waals surface area contributed by atoms with E-state index >= 15 is 0 Å². The minimum absolute atomic E-state index is 0.207. The highest BCUT2D eigenvalue weighted by Gasteiger charge is 2.35. The van der Waals surface area contributed by atoms with Crippen LogP contribution >= 0.6 is 27.7 Å². The summed E-state index contributed by atoms with van der Waals surface area (Å²) in [6.07, 6.45) is 1.65. The van der Waals surface area contributed by atoms with Crippen LogP contribution in [-0.2, 0) is 11.3 Å². The molecule has 2 aromatic rings. The second-order valence-electron chi connectivity index (χ2n) is 5.82. The Morgan fingerprint density at radius 1 is 1.04 bits per heavy atom. The standard InChI is InChI=1S/C20H18BrNO5S/c1-25-15-8-12(9-16(26-2)18(15)27-3)10-17-19(23)22(20(24)28-17)11-13-6-4-5-7-14(13)21/h4-10H,11H2,1-3H3/b17-10-. The molecule has 0 atom stereocenters. The first-order valence-electron chi connectivity index (χ1n) is 8.27. The maximum Gasteiger partial charge on any atom is 0.293 e. The molecule has 0 radical (unpaired) electrons. The van der Waals surface area contributed by atoms with Gasteiger partial charge in [0.2, 0.25) is 5.75 Å². The van der Waals surface area contributed by atoms with Crippen molar-refractivity contribution in [1.29, 1.82) is 0 Å². The maximum atomic E-state index is 12.8. The Bertz CT molecular complexity index is 934. The van der Waals surface area contributed by atoms with Gasteiger partial charge >= 0.3 is 0 Å². The van der Waals surface area contributed by atoms with E-state index in [0.717, 1.165) is 21.8 Å². The van der Waals surface area contributed by atoms with Crippen LogP contribution < -0.4 is 14.2 Å². The lowest BCUT2D eigenvalue weighted by molar-refractivity contribution is -0.123. The molecule has 0 N–H and O–H groups in total. The van der Waals surface area contributed by atoms with Gasteiger partial charge in [0.1, 0.15) is 0 Å². The van der Waals surface area contributed by atoms with Crippen LogP contribution in [0.3, 0.4) is 0 Å². The monoisotopic (exact) mass is 463 g/mol. The van der Waals surface area contributed by atoms with Crippen molar-refractivity contribution in [3.63, 3.8) is 0 Å². The largest absolute Gasteiger partial charge is 0.493 e. The van der Waals surface area contributed by atoms with E-state index in [4.69, 9.17) is 14.2 Å². The molecule has 1 aliphatic rings. The fourth-order valence-electron chi connectivity index (χ4n) is 2.77. The third-order valence-corrected chi connectivity index (χ3v) is 5.83. The van der Waals surface area contributed by atoms with Gasteiger partial charge in [0.15, 0.2) is 11.5 Å². The summed E-state index contributed by atoms with van der Waals surface area (Å²) in [5.41, 5.74) is 1.53. The lowest BCUT2D eigenvalue weighted by Gasteiger charge is -2.14. The second kappa shape index (κ2) is 8.70. The molecule has 0 unspecified atom stereocenters.